The van der Waals surface area contributed by atoms with Crippen molar-refractivity contribution in [3.05, 3.63) is 33.8 Å². The van der Waals surface area contributed by atoms with Crippen LogP contribution in [0.1, 0.15) is 36.0 Å². The van der Waals surface area contributed by atoms with E-state index in [0.29, 0.717) is 0 Å². The largest absolute Gasteiger partial charge is 0.383 e. The molecule has 0 atom stereocenters. The third-order valence-electron chi connectivity index (χ3n) is 3.40. The number of rotatable bonds is 9. The van der Waals surface area contributed by atoms with Crippen molar-refractivity contribution in [2.45, 2.75) is 39.5 Å². The maximum Gasteiger partial charge on any atom is 0.0587 e. The summed E-state index contributed by atoms with van der Waals surface area (Å²) >= 11 is 6.11. The molecule has 1 rings (SSSR count). The van der Waals surface area contributed by atoms with Gasteiger partial charge >= 0.3 is 0 Å². The van der Waals surface area contributed by atoms with Gasteiger partial charge in [0.1, 0.15) is 0 Å². The van der Waals surface area contributed by atoms with Crippen molar-refractivity contribution in [1.82, 2.24) is 5.32 Å². The Kier molecular flexibility index (Phi) is 8.11. The highest BCUT2D eigenvalue weighted by atomic mass is 35.5. The lowest BCUT2D eigenvalue weighted by atomic mass is 10.00. The molecule has 1 aromatic carbocycles. The second-order valence-corrected chi connectivity index (χ2v) is 5.49. The van der Waals surface area contributed by atoms with Crippen LogP contribution in [0.3, 0.4) is 0 Å². The molecule has 0 radical (unpaired) electrons. The Morgan fingerprint density at radius 3 is 2.58 bits per heavy atom. The summed E-state index contributed by atoms with van der Waals surface area (Å²) in [7, 11) is 1.73. The fourth-order valence-corrected chi connectivity index (χ4v) is 2.37. The van der Waals surface area contributed by atoms with Crippen LogP contribution in [0.2, 0.25) is 5.02 Å². The Balaban J connectivity index is 2.17. The van der Waals surface area contributed by atoms with Crippen molar-refractivity contribution in [1.29, 1.82) is 0 Å². The van der Waals surface area contributed by atoms with E-state index in [0.717, 1.165) is 31.1 Å². The molecule has 0 aliphatic carbocycles. The van der Waals surface area contributed by atoms with E-state index in [2.05, 4.69) is 31.3 Å². The Labute approximate surface area is 122 Å². The summed E-state index contributed by atoms with van der Waals surface area (Å²) in [5.41, 5.74) is 3.94. The van der Waals surface area contributed by atoms with Crippen molar-refractivity contribution in [2.75, 3.05) is 26.8 Å². The molecule has 3 heteroatoms. The van der Waals surface area contributed by atoms with Gasteiger partial charge < -0.3 is 10.1 Å². The van der Waals surface area contributed by atoms with Crippen LogP contribution in [0.5, 0.6) is 0 Å². The van der Waals surface area contributed by atoms with E-state index in [1.807, 2.05) is 0 Å². The highest BCUT2D eigenvalue weighted by Crippen LogP contribution is 2.21. The molecule has 0 aliphatic rings. The average Bonchev–Trinajstić information content (AvgIpc) is 2.38. The van der Waals surface area contributed by atoms with Gasteiger partial charge in [-0.15, -0.1) is 0 Å². The van der Waals surface area contributed by atoms with Gasteiger partial charge in [-0.2, -0.15) is 0 Å². The quantitative estimate of drug-likeness (QED) is 0.694. The first-order valence-electron chi connectivity index (χ1n) is 7.10. The van der Waals surface area contributed by atoms with Crippen molar-refractivity contribution >= 4 is 11.6 Å². The average molecular weight is 284 g/mol. The monoisotopic (exact) mass is 283 g/mol. The molecular weight excluding hydrogens is 258 g/mol. The molecule has 0 unspecified atom stereocenters. The molecule has 2 nitrogen and oxygen atoms in total. The van der Waals surface area contributed by atoms with Gasteiger partial charge in [0, 0.05) is 18.7 Å². The van der Waals surface area contributed by atoms with E-state index in [1.165, 1.54) is 36.0 Å². The first-order chi connectivity index (χ1) is 9.15. The van der Waals surface area contributed by atoms with Gasteiger partial charge in [0.15, 0.2) is 0 Å². The normalized spacial score (nSPS) is 10.9. The first-order valence-corrected chi connectivity index (χ1v) is 7.48. The van der Waals surface area contributed by atoms with Crippen LogP contribution in [0.4, 0.5) is 0 Å². The van der Waals surface area contributed by atoms with Gasteiger partial charge in [0.05, 0.1) is 6.61 Å². The summed E-state index contributed by atoms with van der Waals surface area (Å²) in [5.74, 6) is 0. The van der Waals surface area contributed by atoms with Gasteiger partial charge in [-0.25, -0.2) is 0 Å². The Morgan fingerprint density at radius 1 is 1.05 bits per heavy atom. The van der Waals surface area contributed by atoms with Crippen LogP contribution < -0.4 is 5.32 Å². The van der Waals surface area contributed by atoms with E-state index >= 15 is 0 Å². The van der Waals surface area contributed by atoms with E-state index in [-0.39, 0.29) is 0 Å². The highest BCUT2D eigenvalue weighted by molar-refractivity contribution is 6.31. The summed E-state index contributed by atoms with van der Waals surface area (Å²) < 4.78 is 4.99. The fourth-order valence-electron chi connectivity index (χ4n) is 2.15. The Morgan fingerprint density at radius 2 is 1.84 bits per heavy atom. The zero-order valence-electron chi connectivity index (χ0n) is 12.4. The minimum atomic E-state index is 0.795. The maximum atomic E-state index is 6.11. The highest BCUT2D eigenvalue weighted by Gasteiger charge is 2.02. The molecule has 0 aromatic heterocycles. The predicted molar refractivity (Wildman–Crippen MR) is 83.2 cm³/mol. The van der Waals surface area contributed by atoms with Crippen molar-refractivity contribution in [3.8, 4) is 0 Å². The lowest BCUT2D eigenvalue weighted by Gasteiger charge is -2.09. The molecule has 0 aliphatic heterocycles. The molecule has 0 saturated heterocycles. The van der Waals surface area contributed by atoms with Gasteiger partial charge in [-0.1, -0.05) is 24.1 Å². The number of ether oxygens (including phenoxy) is 1. The Bertz CT molecular complexity index is 379. The van der Waals surface area contributed by atoms with Crippen LogP contribution in [-0.2, 0) is 11.2 Å². The zero-order valence-corrected chi connectivity index (χ0v) is 13.1. The fraction of sp³-hybridized carbons (Fsp3) is 0.625. The topological polar surface area (TPSA) is 21.3 Å². The number of hydrogen-bond donors (Lipinski definition) is 1. The number of hydrogen-bond acceptors (Lipinski definition) is 2. The molecule has 0 spiro atoms. The third kappa shape index (κ3) is 6.42. The molecule has 0 bridgehead atoms. The second-order valence-electron chi connectivity index (χ2n) is 5.08. The van der Waals surface area contributed by atoms with Crippen molar-refractivity contribution < 1.29 is 4.74 Å². The molecular formula is C16H26ClNO. The number of halogens is 1. The van der Waals surface area contributed by atoms with E-state index in [9.17, 15) is 0 Å². The van der Waals surface area contributed by atoms with Crippen LogP contribution in [0.15, 0.2) is 12.1 Å². The lowest BCUT2D eigenvalue weighted by Crippen LogP contribution is -2.20. The van der Waals surface area contributed by atoms with Gasteiger partial charge in [0.25, 0.3) is 0 Å². The number of benzene rings is 1. The number of unbranched alkanes of at least 4 members (excludes halogenated alkanes) is 2. The molecule has 1 N–H and O–H groups in total. The summed E-state index contributed by atoms with van der Waals surface area (Å²) in [6.45, 7) is 7.05. The van der Waals surface area contributed by atoms with Crippen LogP contribution >= 0.6 is 11.6 Å². The summed E-state index contributed by atoms with van der Waals surface area (Å²) in [6, 6.07) is 4.31. The van der Waals surface area contributed by atoms with Gasteiger partial charge in [0.2, 0.25) is 0 Å². The Hall–Kier alpha value is -0.570. The van der Waals surface area contributed by atoms with Crippen LogP contribution in [0.25, 0.3) is 0 Å². The maximum absolute atomic E-state index is 6.11. The summed E-state index contributed by atoms with van der Waals surface area (Å²) in [4.78, 5) is 0. The third-order valence-corrected chi connectivity index (χ3v) is 3.81. The second kappa shape index (κ2) is 9.35. The summed E-state index contributed by atoms with van der Waals surface area (Å²) in [5, 5.41) is 4.25. The number of nitrogens with one attached hydrogen (secondary N) is 1. The van der Waals surface area contributed by atoms with Gasteiger partial charge in [-0.05, 0) is 62.4 Å². The minimum absolute atomic E-state index is 0.795. The number of aryl methyl sites for hydroxylation is 3. The number of methoxy groups -OCH3 is 1. The minimum Gasteiger partial charge on any atom is -0.383 e. The molecule has 19 heavy (non-hydrogen) atoms. The first kappa shape index (κ1) is 16.5. The van der Waals surface area contributed by atoms with E-state index in [1.54, 1.807) is 7.11 Å². The SMILES string of the molecule is COCCNCCCCCc1cc(C)c(Cl)cc1C. The zero-order chi connectivity index (χ0) is 14.1. The van der Waals surface area contributed by atoms with E-state index < -0.39 is 0 Å². The molecule has 1 aromatic rings. The molecule has 0 amide bonds. The van der Waals surface area contributed by atoms with Gasteiger partial charge in [-0.3, -0.25) is 0 Å². The summed E-state index contributed by atoms with van der Waals surface area (Å²) in [6.07, 6.45) is 4.90. The lowest BCUT2D eigenvalue weighted by molar-refractivity contribution is 0.199. The van der Waals surface area contributed by atoms with Crippen LogP contribution in [0, 0.1) is 13.8 Å². The van der Waals surface area contributed by atoms with Crippen LogP contribution in [-0.4, -0.2) is 26.8 Å². The molecule has 0 heterocycles. The predicted octanol–water partition coefficient (Wildman–Crippen LogP) is 3.91. The molecule has 0 saturated carbocycles. The molecule has 108 valence electrons. The molecule has 0 fully saturated rings. The van der Waals surface area contributed by atoms with E-state index in [4.69, 9.17) is 16.3 Å². The standard InChI is InChI=1S/C16H26ClNO/c1-13-12-16(17)14(2)11-15(13)7-5-4-6-8-18-9-10-19-3/h11-12,18H,4-10H2,1-3H3. The smallest absolute Gasteiger partial charge is 0.0587 e. The van der Waals surface area contributed by atoms with Crippen molar-refractivity contribution in [3.63, 3.8) is 0 Å². The van der Waals surface area contributed by atoms with Crippen molar-refractivity contribution in [2.24, 2.45) is 0 Å².